The number of anilines is 1. The van der Waals surface area contributed by atoms with Gasteiger partial charge in [0.25, 0.3) is 5.69 Å². The molecule has 6 heteroatoms. The number of hydrogen-bond acceptors (Lipinski definition) is 4. The Labute approximate surface area is 121 Å². The number of nitro benzene ring substituents is 1. The van der Waals surface area contributed by atoms with Crippen LogP contribution in [0.1, 0.15) is 21.5 Å². The van der Waals surface area contributed by atoms with Crippen molar-refractivity contribution in [2.24, 2.45) is 0 Å². The van der Waals surface area contributed by atoms with Crippen LogP contribution in [0.4, 0.5) is 11.4 Å². The Morgan fingerprint density at radius 3 is 2.48 bits per heavy atom. The lowest BCUT2D eigenvalue weighted by Crippen LogP contribution is -2.09. The normalized spacial score (nSPS) is 10.1. The standard InChI is InChI=1S/C15H14N2O4/c1-10-5-7-11(8-6-10)9-16-14-12(15(18)19)3-2-4-13(14)17(20)21/h2-8,16H,9H2,1H3,(H,18,19). The maximum atomic E-state index is 11.2. The summed E-state index contributed by atoms with van der Waals surface area (Å²) < 4.78 is 0. The first-order chi connectivity index (χ1) is 9.99. The van der Waals surface area contributed by atoms with Gasteiger partial charge in [0.15, 0.2) is 0 Å². The molecular weight excluding hydrogens is 272 g/mol. The van der Waals surface area contributed by atoms with Crippen molar-refractivity contribution in [3.63, 3.8) is 0 Å². The average Bonchev–Trinajstić information content (AvgIpc) is 2.46. The zero-order valence-corrected chi connectivity index (χ0v) is 11.4. The predicted molar refractivity (Wildman–Crippen MR) is 78.6 cm³/mol. The van der Waals surface area contributed by atoms with Crippen molar-refractivity contribution in [3.05, 3.63) is 69.3 Å². The quantitative estimate of drug-likeness (QED) is 0.650. The minimum Gasteiger partial charge on any atom is -0.478 e. The van der Waals surface area contributed by atoms with Crippen LogP contribution in [-0.4, -0.2) is 16.0 Å². The Balaban J connectivity index is 2.31. The Kier molecular flexibility index (Phi) is 4.18. The van der Waals surface area contributed by atoms with Crippen LogP contribution < -0.4 is 5.32 Å². The zero-order valence-electron chi connectivity index (χ0n) is 11.4. The van der Waals surface area contributed by atoms with Gasteiger partial charge in [0, 0.05) is 12.6 Å². The number of nitrogens with zero attached hydrogens (tertiary/aromatic N) is 1. The van der Waals surface area contributed by atoms with Crippen LogP contribution in [0.15, 0.2) is 42.5 Å². The molecule has 0 aromatic heterocycles. The molecule has 0 aliphatic heterocycles. The van der Waals surface area contributed by atoms with Gasteiger partial charge in [0.2, 0.25) is 0 Å². The fourth-order valence-electron chi connectivity index (χ4n) is 1.95. The molecule has 0 amide bonds. The van der Waals surface area contributed by atoms with Crippen LogP contribution >= 0.6 is 0 Å². The summed E-state index contributed by atoms with van der Waals surface area (Å²) >= 11 is 0. The maximum Gasteiger partial charge on any atom is 0.338 e. The summed E-state index contributed by atoms with van der Waals surface area (Å²) in [6.45, 7) is 2.27. The van der Waals surface area contributed by atoms with E-state index in [1.807, 2.05) is 31.2 Å². The molecule has 0 radical (unpaired) electrons. The topological polar surface area (TPSA) is 92.5 Å². The van der Waals surface area contributed by atoms with E-state index in [2.05, 4.69) is 5.32 Å². The molecule has 0 aliphatic rings. The summed E-state index contributed by atoms with van der Waals surface area (Å²) in [5.41, 5.74) is 1.68. The molecule has 2 rings (SSSR count). The first-order valence-corrected chi connectivity index (χ1v) is 6.29. The summed E-state index contributed by atoms with van der Waals surface area (Å²) in [7, 11) is 0. The summed E-state index contributed by atoms with van der Waals surface area (Å²) in [5.74, 6) is -1.20. The maximum absolute atomic E-state index is 11.2. The second-order valence-electron chi connectivity index (χ2n) is 4.60. The molecule has 0 spiro atoms. The third kappa shape index (κ3) is 3.36. The van der Waals surface area contributed by atoms with Crippen molar-refractivity contribution in [2.75, 3.05) is 5.32 Å². The number of carbonyl (C=O) groups is 1. The molecule has 108 valence electrons. The lowest BCUT2D eigenvalue weighted by atomic mass is 10.1. The molecule has 0 aliphatic carbocycles. The number of carboxylic acid groups (broad SMARTS) is 1. The molecular formula is C15H14N2O4. The Morgan fingerprint density at radius 2 is 1.90 bits per heavy atom. The first-order valence-electron chi connectivity index (χ1n) is 6.29. The van der Waals surface area contributed by atoms with E-state index in [1.165, 1.54) is 18.2 Å². The van der Waals surface area contributed by atoms with Crippen LogP contribution in [0, 0.1) is 17.0 Å². The van der Waals surface area contributed by atoms with E-state index in [4.69, 9.17) is 5.11 Å². The van der Waals surface area contributed by atoms with Crippen molar-refractivity contribution in [2.45, 2.75) is 13.5 Å². The van der Waals surface area contributed by atoms with Crippen molar-refractivity contribution < 1.29 is 14.8 Å². The van der Waals surface area contributed by atoms with Crippen LogP contribution in [-0.2, 0) is 6.54 Å². The molecule has 0 bridgehead atoms. The number of nitrogens with one attached hydrogen (secondary N) is 1. The number of aryl methyl sites for hydroxylation is 1. The van der Waals surface area contributed by atoms with Gasteiger partial charge in [-0.25, -0.2) is 4.79 Å². The molecule has 0 saturated heterocycles. The number of benzene rings is 2. The van der Waals surface area contributed by atoms with Crippen molar-refractivity contribution in [3.8, 4) is 0 Å². The highest BCUT2D eigenvalue weighted by atomic mass is 16.6. The van der Waals surface area contributed by atoms with E-state index < -0.39 is 10.9 Å². The van der Waals surface area contributed by atoms with Crippen molar-refractivity contribution in [1.82, 2.24) is 0 Å². The predicted octanol–water partition coefficient (Wildman–Crippen LogP) is 3.21. The second-order valence-corrected chi connectivity index (χ2v) is 4.60. The minimum absolute atomic E-state index is 0.0237. The second kappa shape index (κ2) is 6.04. The highest BCUT2D eigenvalue weighted by molar-refractivity contribution is 5.96. The molecule has 0 fully saturated rings. The fourth-order valence-corrected chi connectivity index (χ4v) is 1.95. The van der Waals surface area contributed by atoms with E-state index >= 15 is 0 Å². The van der Waals surface area contributed by atoms with Crippen LogP contribution in [0.25, 0.3) is 0 Å². The largest absolute Gasteiger partial charge is 0.478 e. The zero-order chi connectivity index (χ0) is 15.4. The summed E-state index contributed by atoms with van der Waals surface area (Å²) in [6, 6.07) is 11.6. The molecule has 6 nitrogen and oxygen atoms in total. The molecule has 0 saturated carbocycles. The highest BCUT2D eigenvalue weighted by Crippen LogP contribution is 2.28. The molecule has 0 atom stereocenters. The molecule has 0 unspecified atom stereocenters. The fraction of sp³-hybridized carbons (Fsp3) is 0.133. The van der Waals surface area contributed by atoms with Crippen molar-refractivity contribution in [1.29, 1.82) is 0 Å². The van der Waals surface area contributed by atoms with E-state index in [0.717, 1.165) is 11.1 Å². The van der Waals surface area contributed by atoms with Crippen LogP contribution in [0.2, 0.25) is 0 Å². The smallest absolute Gasteiger partial charge is 0.338 e. The molecule has 2 N–H and O–H groups in total. The molecule has 2 aromatic rings. The van der Waals surface area contributed by atoms with E-state index in [-0.39, 0.29) is 16.9 Å². The highest BCUT2D eigenvalue weighted by Gasteiger charge is 2.20. The number of carboxylic acids is 1. The van der Waals surface area contributed by atoms with Gasteiger partial charge in [0.05, 0.1) is 10.5 Å². The van der Waals surface area contributed by atoms with Gasteiger partial charge in [0.1, 0.15) is 5.69 Å². The summed E-state index contributed by atoms with van der Waals surface area (Å²) in [4.78, 5) is 21.6. The monoisotopic (exact) mass is 286 g/mol. The van der Waals surface area contributed by atoms with Gasteiger partial charge in [-0.15, -0.1) is 0 Å². The summed E-state index contributed by atoms with van der Waals surface area (Å²) in [5, 5.41) is 23.0. The van der Waals surface area contributed by atoms with Crippen LogP contribution in [0.3, 0.4) is 0 Å². The van der Waals surface area contributed by atoms with Gasteiger partial charge >= 0.3 is 5.97 Å². The Morgan fingerprint density at radius 1 is 1.24 bits per heavy atom. The number of hydrogen-bond donors (Lipinski definition) is 2. The minimum atomic E-state index is -1.20. The Hall–Kier alpha value is -2.89. The molecule has 0 heterocycles. The third-order valence-corrected chi connectivity index (χ3v) is 3.06. The van der Waals surface area contributed by atoms with Gasteiger partial charge in [-0.2, -0.15) is 0 Å². The molecule has 2 aromatic carbocycles. The van der Waals surface area contributed by atoms with Crippen LogP contribution in [0.5, 0.6) is 0 Å². The number of aromatic carboxylic acids is 1. The van der Waals surface area contributed by atoms with Gasteiger partial charge in [-0.05, 0) is 18.6 Å². The van der Waals surface area contributed by atoms with E-state index in [1.54, 1.807) is 0 Å². The van der Waals surface area contributed by atoms with Gasteiger partial charge < -0.3 is 10.4 Å². The number of nitro groups is 1. The Bertz CT molecular complexity index is 648. The van der Waals surface area contributed by atoms with Gasteiger partial charge in [-0.3, -0.25) is 10.1 Å². The molecule has 21 heavy (non-hydrogen) atoms. The SMILES string of the molecule is Cc1ccc(CNc2c(C(=O)O)cccc2[N+](=O)[O-])cc1. The number of rotatable bonds is 5. The van der Waals surface area contributed by atoms with E-state index in [0.29, 0.717) is 6.54 Å². The average molecular weight is 286 g/mol. The van der Waals surface area contributed by atoms with Crippen molar-refractivity contribution >= 4 is 17.3 Å². The lowest BCUT2D eigenvalue weighted by Gasteiger charge is -2.10. The first kappa shape index (κ1) is 14.5. The lowest BCUT2D eigenvalue weighted by molar-refractivity contribution is -0.384. The number of para-hydroxylation sites is 1. The van der Waals surface area contributed by atoms with E-state index in [9.17, 15) is 14.9 Å². The summed E-state index contributed by atoms with van der Waals surface area (Å²) in [6.07, 6.45) is 0. The van der Waals surface area contributed by atoms with Gasteiger partial charge in [-0.1, -0.05) is 35.9 Å². The third-order valence-electron chi connectivity index (χ3n) is 3.06.